The molecule has 2 aliphatic heterocycles. The fraction of sp³-hybridized carbons (Fsp3) is 0.460. The van der Waals surface area contributed by atoms with Crippen LogP contribution < -0.4 is 9.64 Å². The monoisotopic (exact) mass is 885 g/mol. The minimum Gasteiger partial charge on any atom is -0.494 e. The van der Waals surface area contributed by atoms with Crippen molar-refractivity contribution in [3.63, 3.8) is 0 Å². The molecule has 0 aromatic heterocycles. The second kappa shape index (κ2) is 19.6. The SMILES string of the molecule is CCCCC[N+]1=C(C=CC2=C(c3cccc(OCCCCO)c3)C(=CC=C3N(CCCCS(=O)(=O)O)c4ccc(C)cc4C3(C)C)CCC2)C(C)(C)c2cc(S(=O)(=O)O)ccc21. The van der Waals surface area contributed by atoms with Gasteiger partial charge in [0.1, 0.15) is 12.3 Å². The van der Waals surface area contributed by atoms with Crippen molar-refractivity contribution < 1.29 is 40.4 Å². The Bertz CT molecular complexity index is 2530. The molecular weight excluding hydrogens is 821 g/mol. The van der Waals surface area contributed by atoms with Crippen molar-refractivity contribution >= 4 is 42.9 Å². The highest BCUT2D eigenvalue weighted by molar-refractivity contribution is 7.86. The fourth-order valence-corrected chi connectivity index (χ4v) is 10.4. The molecule has 3 aromatic carbocycles. The molecule has 2 heterocycles. The second-order valence-corrected chi connectivity index (χ2v) is 20.9. The number of allylic oxidation sites excluding steroid dienone is 8. The van der Waals surface area contributed by atoms with E-state index in [0.29, 0.717) is 32.4 Å². The van der Waals surface area contributed by atoms with E-state index in [9.17, 15) is 31.0 Å². The second-order valence-electron chi connectivity index (χ2n) is 18.0. The van der Waals surface area contributed by atoms with Gasteiger partial charge in [-0.05, 0) is 136 Å². The van der Waals surface area contributed by atoms with Crippen LogP contribution >= 0.6 is 0 Å². The minimum atomic E-state index is -4.39. The number of ether oxygens (including phenoxy) is 1. The van der Waals surface area contributed by atoms with Gasteiger partial charge in [0, 0.05) is 54.1 Å². The van der Waals surface area contributed by atoms with Crippen LogP contribution in [-0.2, 0) is 31.1 Å². The average molecular weight is 886 g/mol. The zero-order valence-corrected chi connectivity index (χ0v) is 38.9. The molecule has 0 amide bonds. The van der Waals surface area contributed by atoms with Crippen LogP contribution in [0.1, 0.15) is 121 Å². The van der Waals surface area contributed by atoms with Crippen molar-refractivity contribution in [3.05, 3.63) is 124 Å². The van der Waals surface area contributed by atoms with E-state index in [2.05, 4.69) is 106 Å². The van der Waals surface area contributed by atoms with Crippen molar-refractivity contribution in [2.75, 3.05) is 37.0 Å². The summed E-state index contributed by atoms with van der Waals surface area (Å²) in [4.78, 5) is 2.20. The minimum absolute atomic E-state index is 0.108. The predicted molar refractivity (Wildman–Crippen MR) is 250 cm³/mol. The number of aryl methyl sites for hydroxylation is 1. The molecule has 0 bridgehead atoms. The number of anilines is 1. The van der Waals surface area contributed by atoms with E-state index in [4.69, 9.17) is 4.74 Å². The summed E-state index contributed by atoms with van der Waals surface area (Å²) in [6.07, 6.45) is 17.1. The Morgan fingerprint density at radius 1 is 0.823 bits per heavy atom. The number of aliphatic hydroxyl groups excluding tert-OH is 1. The van der Waals surface area contributed by atoms with Gasteiger partial charge in [-0.3, -0.25) is 9.11 Å². The molecule has 3 aromatic rings. The van der Waals surface area contributed by atoms with E-state index in [1.165, 1.54) is 28.3 Å². The van der Waals surface area contributed by atoms with Gasteiger partial charge in [0.05, 0.1) is 22.7 Å². The molecule has 3 N–H and O–H groups in total. The van der Waals surface area contributed by atoms with Crippen molar-refractivity contribution in [2.24, 2.45) is 0 Å². The lowest BCUT2D eigenvalue weighted by molar-refractivity contribution is -0.438. The molecule has 0 saturated heterocycles. The normalized spacial score (nSPS) is 18.7. The topological polar surface area (TPSA) is 144 Å². The number of rotatable bonds is 19. The van der Waals surface area contributed by atoms with Gasteiger partial charge in [0.15, 0.2) is 5.71 Å². The van der Waals surface area contributed by atoms with Crippen molar-refractivity contribution in [1.29, 1.82) is 0 Å². The zero-order valence-electron chi connectivity index (χ0n) is 37.3. The van der Waals surface area contributed by atoms with Crippen LogP contribution in [0.25, 0.3) is 5.57 Å². The summed E-state index contributed by atoms with van der Waals surface area (Å²) < 4.78 is 75.6. The van der Waals surface area contributed by atoms with Crippen molar-refractivity contribution in [3.8, 4) is 5.75 Å². The van der Waals surface area contributed by atoms with Gasteiger partial charge in [0.2, 0.25) is 5.69 Å². The molecule has 0 spiro atoms. The molecule has 0 saturated carbocycles. The quantitative estimate of drug-likeness (QED) is 0.0609. The Labute approximate surface area is 369 Å². The highest BCUT2D eigenvalue weighted by atomic mass is 32.2. The van der Waals surface area contributed by atoms with E-state index in [1.54, 1.807) is 6.07 Å². The average Bonchev–Trinajstić information content (AvgIpc) is 3.56. The van der Waals surface area contributed by atoms with Gasteiger partial charge in [-0.1, -0.05) is 69.2 Å². The lowest BCUT2D eigenvalue weighted by Crippen LogP contribution is -2.28. The molecule has 0 unspecified atom stereocenters. The van der Waals surface area contributed by atoms with Gasteiger partial charge in [-0.2, -0.15) is 21.4 Å². The third-order valence-electron chi connectivity index (χ3n) is 12.6. The van der Waals surface area contributed by atoms with Crippen LogP contribution in [0, 0.1) is 6.92 Å². The summed E-state index contributed by atoms with van der Waals surface area (Å²) in [5, 5.41) is 9.34. The van der Waals surface area contributed by atoms with Gasteiger partial charge in [-0.15, -0.1) is 0 Å². The standard InChI is InChI=1S/C50H64N2O8S2/c1-7-8-9-28-51-45-25-23-41(62(57,58)59)35-43(45)50(5,6)47(51)27-22-38-17-14-16-37(48(38)39-18-15-19-40(34-39)60-31-12-11-30-53)21-26-46-49(3,4)42-33-36(2)20-24-44(42)52(46)29-10-13-32-61(54,55)56/h15,18-27,33-35,53H,7-14,16-17,28-32H2,1-6H3,(H-,54,55,56,57,58,59)/p+1. The summed E-state index contributed by atoms with van der Waals surface area (Å²) in [6, 6.07) is 19.7. The molecule has 0 radical (unpaired) electrons. The van der Waals surface area contributed by atoms with E-state index in [-0.39, 0.29) is 22.7 Å². The molecule has 334 valence electrons. The molecule has 12 heteroatoms. The smallest absolute Gasteiger partial charge is 0.294 e. The summed E-state index contributed by atoms with van der Waals surface area (Å²) in [5.41, 5.74) is 11.1. The predicted octanol–water partition coefficient (Wildman–Crippen LogP) is 10.4. The number of nitrogens with zero attached hydrogens (tertiary/aromatic N) is 2. The van der Waals surface area contributed by atoms with E-state index < -0.39 is 25.7 Å². The number of aliphatic hydroxyl groups is 1. The Morgan fingerprint density at radius 2 is 1.61 bits per heavy atom. The number of hydrogen-bond acceptors (Lipinski definition) is 7. The van der Waals surface area contributed by atoms with Gasteiger partial charge >= 0.3 is 0 Å². The summed E-state index contributed by atoms with van der Waals surface area (Å²) >= 11 is 0. The van der Waals surface area contributed by atoms with Crippen LogP contribution in [-0.4, -0.2) is 73.4 Å². The first-order chi connectivity index (χ1) is 29.4. The maximum Gasteiger partial charge on any atom is 0.294 e. The van der Waals surface area contributed by atoms with E-state index in [1.807, 2.05) is 18.2 Å². The van der Waals surface area contributed by atoms with Crippen molar-refractivity contribution in [2.45, 2.75) is 121 Å². The molecule has 62 heavy (non-hydrogen) atoms. The maximum absolute atomic E-state index is 12.3. The first-order valence-corrected chi connectivity index (χ1v) is 25.2. The summed E-state index contributed by atoms with van der Waals surface area (Å²) in [7, 11) is -8.44. The van der Waals surface area contributed by atoms with Crippen LogP contribution in [0.2, 0.25) is 0 Å². The van der Waals surface area contributed by atoms with Crippen LogP contribution in [0.3, 0.4) is 0 Å². The first kappa shape index (κ1) is 47.2. The molecule has 1 aliphatic carbocycles. The van der Waals surface area contributed by atoms with Gasteiger partial charge < -0.3 is 14.7 Å². The lowest BCUT2D eigenvalue weighted by Gasteiger charge is -2.28. The van der Waals surface area contributed by atoms with Gasteiger partial charge in [-0.25, -0.2) is 0 Å². The first-order valence-electron chi connectivity index (χ1n) is 22.1. The zero-order chi connectivity index (χ0) is 44.9. The third-order valence-corrected chi connectivity index (χ3v) is 14.2. The third kappa shape index (κ3) is 10.7. The number of fused-ring (bicyclic) bond motifs is 2. The van der Waals surface area contributed by atoms with Crippen LogP contribution in [0.5, 0.6) is 5.75 Å². The maximum atomic E-state index is 12.3. The molecule has 3 aliphatic rings. The van der Waals surface area contributed by atoms with E-state index in [0.717, 1.165) is 96.7 Å². The van der Waals surface area contributed by atoms with Crippen molar-refractivity contribution in [1.82, 2.24) is 0 Å². The number of benzene rings is 3. The van der Waals surface area contributed by atoms with E-state index >= 15 is 0 Å². The Balaban J connectivity index is 1.47. The van der Waals surface area contributed by atoms with Crippen LogP contribution in [0.4, 0.5) is 11.4 Å². The van der Waals surface area contributed by atoms with Crippen LogP contribution in [0.15, 0.2) is 107 Å². The Morgan fingerprint density at radius 3 is 2.34 bits per heavy atom. The number of hydrogen-bond donors (Lipinski definition) is 3. The molecule has 0 atom stereocenters. The largest absolute Gasteiger partial charge is 0.494 e. The highest BCUT2D eigenvalue weighted by Gasteiger charge is 2.45. The molecule has 0 fully saturated rings. The molecule has 6 rings (SSSR count). The molecule has 10 nitrogen and oxygen atoms in total. The Hall–Kier alpha value is -4.33. The Kier molecular flexibility index (Phi) is 14.9. The number of unbranched alkanes of at least 4 members (excludes halogenated alkanes) is 4. The lowest BCUT2D eigenvalue weighted by atomic mass is 9.79. The molecular formula is C50H65N2O8S2+. The fourth-order valence-electron chi connectivity index (χ4n) is 9.29. The van der Waals surface area contributed by atoms with Gasteiger partial charge in [0.25, 0.3) is 20.2 Å². The summed E-state index contributed by atoms with van der Waals surface area (Å²) in [6.45, 7) is 15.0. The highest BCUT2D eigenvalue weighted by Crippen LogP contribution is 2.49. The summed E-state index contributed by atoms with van der Waals surface area (Å²) in [5.74, 6) is 0.490.